The molecule has 0 amide bonds. The SMILES string of the molecule is COC[C@@H](CC(C)=O)C(C)=O. The summed E-state index contributed by atoms with van der Waals surface area (Å²) in [6.45, 7) is 3.30. The maximum Gasteiger partial charge on any atom is 0.135 e. The Morgan fingerprint density at radius 3 is 2.18 bits per heavy atom. The molecule has 0 saturated carbocycles. The second kappa shape index (κ2) is 5.02. The monoisotopic (exact) mass is 158 g/mol. The molecule has 0 saturated heterocycles. The van der Waals surface area contributed by atoms with E-state index < -0.39 is 0 Å². The normalized spacial score (nSPS) is 12.6. The third-order valence-electron chi connectivity index (χ3n) is 1.48. The van der Waals surface area contributed by atoms with Gasteiger partial charge >= 0.3 is 0 Å². The second-order valence-electron chi connectivity index (χ2n) is 2.67. The van der Waals surface area contributed by atoms with Crippen molar-refractivity contribution < 1.29 is 14.3 Å². The number of Topliss-reactive ketones (excluding diaryl/α,β-unsaturated/α-hetero) is 2. The molecule has 3 nitrogen and oxygen atoms in total. The summed E-state index contributed by atoms with van der Waals surface area (Å²) in [5.41, 5.74) is 0. The van der Waals surface area contributed by atoms with Crippen molar-refractivity contribution in [2.24, 2.45) is 5.92 Å². The lowest BCUT2D eigenvalue weighted by Crippen LogP contribution is -2.19. The Kier molecular flexibility index (Phi) is 4.70. The minimum absolute atomic E-state index is 0.0158. The van der Waals surface area contributed by atoms with Gasteiger partial charge in [-0.15, -0.1) is 0 Å². The Labute approximate surface area is 66.7 Å². The smallest absolute Gasteiger partial charge is 0.135 e. The van der Waals surface area contributed by atoms with Gasteiger partial charge < -0.3 is 9.53 Å². The largest absolute Gasteiger partial charge is 0.384 e. The zero-order chi connectivity index (χ0) is 8.85. The first kappa shape index (κ1) is 10.3. The van der Waals surface area contributed by atoms with E-state index in [2.05, 4.69) is 0 Å². The van der Waals surface area contributed by atoms with Crippen LogP contribution in [0.4, 0.5) is 0 Å². The van der Waals surface area contributed by atoms with Crippen LogP contribution in [0.25, 0.3) is 0 Å². The third kappa shape index (κ3) is 4.67. The first-order chi connectivity index (χ1) is 5.07. The predicted molar refractivity (Wildman–Crippen MR) is 41.3 cm³/mol. The average molecular weight is 158 g/mol. The lowest BCUT2D eigenvalue weighted by atomic mass is 10.0. The molecule has 0 bridgehead atoms. The van der Waals surface area contributed by atoms with Gasteiger partial charge in [-0.05, 0) is 13.8 Å². The van der Waals surface area contributed by atoms with E-state index in [1.54, 1.807) is 0 Å². The molecule has 11 heavy (non-hydrogen) atoms. The number of rotatable bonds is 5. The van der Waals surface area contributed by atoms with Crippen molar-refractivity contribution in [1.29, 1.82) is 0 Å². The van der Waals surface area contributed by atoms with Crippen LogP contribution in [-0.2, 0) is 14.3 Å². The Bertz CT molecular complexity index is 151. The van der Waals surface area contributed by atoms with Crippen LogP contribution in [0.1, 0.15) is 20.3 Å². The van der Waals surface area contributed by atoms with E-state index in [4.69, 9.17) is 4.74 Å². The Balaban J connectivity index is 3.89. The third-order valence-corrected chi connectivity index (χ3v) is 1.48. The van der Waals surface area contributed by atoms with Crippen LogP contribution in [0.2, 0.25) is 0 Å². The van der Waals surface area contributed by atoms with Gasteiger partial charge in [0.2, 0.25) is 0 Å². The quantitative estimate of drug-likeness (QED) is 0.595. The first-order valence-electron chi connectivity index (χ1n) is 3.56. The molecule has 0 aromatic carbocycles. The minimum Gasteiger partial charge on any atom is -0.384 e. The number of hydrogen-bond donors (Lipinski definition) is 0. The first-order valence-corrected chi connectivity index (χ1v) is 3.56. The molecule has 0 aromatic heterocycles. The summed E-state index contributed by atoms with van der Waals surface area (Å²) in [6, 6.07) is 0. The average Bonchev–Trinajstić information content (AvgIpc) is 1.86. The maximum atomic E-state index is 10.8. The zero-order valence-corrected chi connectivity index (χ0v) is 7.22. The molecule has 0 aliphatic heterocycles. The highest BCUT2D eigenvalue weighted by molar-refractivity contribution is 5.85. The number of hydrogen-bond acceptors (Lipinski definition) is 3. The van der Waals surface area contributed by atoms with Crippen LogP contribution in [0.5, 0.6) is 0 Å². The molecule has 0 aliphatic rings. The standard InChI is InChI=1S/C8H14O3/c1-6(9)4-8(5-11-3)7(2)10/h8H,4-5H2,1-3H3/t8-/m1/s1. The lowest BCUT2D eigenvalue weighted by Gasteiger charge is -2.09. The molecule has 3 heteroatoms. The molecule has 64 valence electrons. The lowest BCUT2D eigenvalue weighted by molar-refractivity contribution is -0.127. The second-order valence-corrected chi connectivity index (χ2v) is 2.67. The Morgan fingerprint density at radius 2 is 1.91 bits per heavy atom. The molecular weight excluding hydrogens is 144 g/mol. The van der Waals surface area contributed by atoms with E-state index in [-0.39, 0.29) is 17.5 Å². The highest BCUT2D eigenvalue weighted by atomic mass is 16.5. The van der Waals surface area contributed by atoms with E-state index in [9.17, 15) is 9.59 Å². The van der Waals surface area contributed by atoms with Gasteiger partial charge in [-0.1, -0.05) is 0 Å². The van der Waals surface area contributed by atoms with Gasteiger partial charge in [0.25, 0.3) is 0 Å². The maximum absolute atomic E-state index is 10.8. The van der Waals surface area contributed by atoms with Crippen LogP contribution < -0.4 is 0 Å². The van der Waals surface area contributed by atoms with Crippen molar-refractivity contribution in [3.8, 4) is 0 Å². The van der Waals surface area contributed by atoms with Crippen LogP contribution in [0, 0.1) is 5.92 Å². The summed E-state index contributed by atoms with van der Waals surface area (Å²) >= 11 is 0. The van der Waals surface area contributed by atoms with Gasteiger partial charge in [0.15, 0.2) is 0 Å². The molecule has 0 N–H and O–H groups in total. The molecule has 0 fully saturated rings. The summed E-state index contributed by atoms with van der Waals surface area (Å²) in [5, 5.41) is 0. The fraction of sp³-hybridized carbons (Fsp3) is 0.750. The van der Waals surface area contributed by atoms with Crippen molar-refractivity contribution in [3.63, 3.8) is 0 Å². The van der Waals surface area contributed by atoms with Crippen molar-refractivity contribution >= 4 is 11.6 Å². The number of carbonyl (C=O) groups is 2. The summed E-state index contributed by atoms with van der Waals surface area (Å²) in [4.78, 5) is 21.5. The van der Waals surface area contributed by atoms with Crippen LogP contribution in [-0.4, -0.2) is 25.3 Å². The van der Waals surface area contributed by atoms with E-state index in [0.717, 1.165) is 0 Å². The van der Waals surface area contributed by atoms with E-state index in [1.807, 2.05) is 0 Å². The van der Waals surface area contributed by atoms with Gasteiger partial charge in [0, 0.05) is 19.4 Å². The molecule has 0 radical (unpaired) electrons. The van der Waals surface area contributed by atoms with Gasteiger partial charge in [-0.25, -0.2) is 0 Å². The van der Waals surface area contributed by atoms with Crippen LogP contribution >= 0.6 is 0 Å². The molecule has 0 unspecified atom stereocenters. The van der Waals surface area contributed by atoms with Gasteiger partial charge in [-0.3, -0.25) is 4.79 Å². The fourth-order valence-corrected chi connectivity index (χ4v) is 0.868. The molecule has 0 rings (SSSR count). The van der Waals surface area contributed by atoms with E-state index in [1.165, 1.54) is 21.0 Å². The summed E-state index contributed by atoms with van der Waals surface area (Å²) in [7, 11) is 1.52. The number of methoxy groups -OCH3 is 1. The van der Waals surface area contributed by atoms with Crippen LogP contribution in [0.3, 0.4) is 0 Å². The van der Waals surface area contributed by atoms with Crippen LogP contribution in [0.15, 0.2) is 0 Å². The molecule has 1 atom stereocenters. The van der Waals surface area contributed by atoms with E-state index in [0.29, 0.717) is 13.0 Å². The van der Waals surface area contributed by atoms with Crippen molar-refractivity contribution in [2.75, 3.05) is 13.7 Å². The fourth-order valence-electron chi connectivity index (χ4n) is 0.868. The molecule has 0 heterocycles. The van der Waals surface area contributed by atoms with Gasteiger partial charge in [-0.2, -0.15) is 0 Å². The van der Waals surface area contributed by atoms with Crippen molar-refractivity contribution in [1.82, 2.24) is 0 Å². The molecular formula is C8H14O3. The number of ketones is 2. The van der Waals surface area contributed by atoms with Crippen molar-refractivity contribution in [2.45, 2.75) is 20.3 Å². The highest BCUT2D eigenvalue weighted by Gasteiger charge is 2.15. The highest BCUT2D eigenvalue weighted by Crippen LogP contribution is 2.05. The topological polar surface area (TPSA) is 43.4 Å². The predicted octanol–water partition coefficient (Wildman–Crippen LogP) is 0.817. The molecule has 0 aromatic rings. The minimum atomic E-state index is -0.252. The summed E-state index contributed by atoms with van der Waals surface area (Å²) in [6.07, 6.45) is 0.295. The summed E-state index contributed by atoms with van der Waals surface area (Å²) < 4.78 is 4.79. The van der Waals surface area contributed by atoms with Gasteiger partial charge in [0.1, 0.15) is 11.6 Å². The zero-order valence-electron chi connectivity index (χ0n) is 7.22. The van der Waals surface area contributed by atoms with E-state index >= 15 is 0 Å². The Morgan fingerprint density at radius 1 is 1.36 bits per heavy atom. The number of carbonyl (C=O) groups excluding carboxylic acids is 2. The van der Waals surface area contributed by atoms with Gasteiger partial charge in [0.05, 0.1) is 6.61 Å². The molecule has 0 spiro atoms. The Hall–Kier alpha value is -0.700. The van der Waals surface area contributed by atoms with Crippen molar-refractivity contribution in [3.05, 3.63) is 0 Å². The number of ether oxygens (including phenoxy) is 1. The molecule has 0 aliphatic carbocycles. The summed E-state index contributed by atoms with van der Waals surface area (Å²) in [5.74, 6) is -0.207.